The summed E-state index contributed by atoms with van der Waals surface area (Å²) in [5.41, 5.74) is 4.66. The zero-order chi connectivity index (χ0) is 23.7. The predicted octanol–water partition coefficient (Wildman–Crippen LogP) is 4.79. The molecule has 1 aliphatic heterocycles. The fourth-order valence-electron chi connectivity index (χ4n) is 4.19. The van der Waals surface area contributed by atoms with Crippen molar-refractivity contribution in [2.24, 2.45) is 0 Å². The molecule has 0 saturated heterocycles. The molecule has 162 valence electrons. The van der Waals surface area contributed by atoms with Crippen molar-refractivity contribution in [3.8, 4) is 23.3 Å². The Morgan fingerprint density at radius 1 is 0.882 bits per heavy atom. The number of nitriles is 2. The number of benzene rings is 2. The van der Waals surface area contributed by atoms with Crippen molar-refractivity contribution in [1.82, 2.24) is 4.40 Å². The fourth-order valence-corrected chi connectivity index (χ4v) is 4.19. The average molecular weight is 442 g/mol. The third-order valence-electron chi connectivity index (χ3n) is 5.80. The van der Waals surface area contributed by atoms with E-state index in [1.165, 1.54) is 0 Å². The minimum atomic E-state index is -0.911. The van der Waals surface area contributed by atoms with Crippen LogP contribution in [0.1, 0.15) is 27.2 Å². The molecule has 1 aliphatic rings. The van der Waals surface area contributed by atoms with Gasteiger partial charge in [0.05, 0.1) is 34.5 Å². The zero-order valence-corrected chi connectivity index (χ0v) is 18.0. The third kappa shape index (κ3) is 3.45. The summed E-state index contributed by atoms with van der Waals surface area (Å²) in [6, 6.07) is 23.4. The highest BCUT2D eigenvalue weighted by Crippen LogP contribution is 2.42. The van der Waals surface area contributed by atoms with Gasteiger partial charge in [-0.1, -0.05) is 24.3 Å². The van der Waals surface area contributed by atoms with Crippen molar-refractivity contribution in [2.75, 3.05) is 4.90 Å². The highest BCUT2D eigenvalue weighted by Gasteiger charge is 2.29. The Labute approximate surface area is 196 Å². The molecule has 2 aromatic heterocycles. The number of hydrogen-bond donors (Lipinski definition) is 1. The van der Waals surface area contributed by atoms with E-state index < -0.39 is 6.23 Å². The van der Waals surface area contributed by atoms with Crippen LogP contribution >= 0.6 is 0 Å². The van der Waals surface area contributed by atoms with Crippen LogP contribution < -0.4 is 4.90 Å². The number of carbonyl (C=O) groups is 1. The van der Waals surface area contributed by atoms with Crippen LogP contribution in [0, 0.1) is 22.7 Å². The molecule has 1 unspecified atom stereocenters. The molecule has 4 aromatic rings. The fraction of sp³-hybridized carbons (Fsp3) is 0.0357. The van der Waals surface area contributed by atoms with Gasteiger partial charge in [-0.25, -0.2) is 0 Å². The van der Waals surface area contributed by atoms with Gasteiger partial charge in [0.25, 0.3) is 0 Å². The molecule has 0 spiro atoms. The van der Waals surface area contributed by atoms with Gasteiger partial charge in [-0.3, -0.25) is 4.79 Å². The minimum absolute atomic E-state index is 0.220. The van der Waals surface area contributed by atoms with Gasteiger partial charge in [-0.05, 0) is 66.2 Å². The van der Waals surface area contributed by atoms with Gasteiger partial charge in [0.2, 0.25) is 5.78 Å². The van der Waals surface area contributed by atoms with E-state index in [1.54, 1.807) is 59.7 Å². The van der Waals surface area contributed by atoms with E-state index in [0.29, 0.717) is 33.6 Å². The zero-order valence-electron chi connectivity index (χ0n) is 18.0. The largest absolute Gasteiger partial charge is 0.370 e. The second-order valence-corrected chi connectivity index (χ2v) is 7.78. The lowest BCUT2D eigenvalue weighted by molar-refractivity contribution is 0.103. The van der Waals surface area contributed by atoms with Crippen LogP contribution in [0.15, 0.2) is 97.4 Å². The molecular formula is C28H18N4O2. The summed E-state index contributed by atoms with van der Waals surface area (Å²) in [5, 5.41) is 29.2. The maximum absolute atomic E-state index is 13.9. The van der Waals surface area contributed by atoms with E-state index in [4.69, 9.17) is 5.26 Å². The summed E-state index contributed by atoms with van der Waals surface area (Å²) >= 11 is 0. The number of aromatic nitrogens is 1. The van der Waals surface area contributed by atoms with Crippen LogP contribution in [0.4, 0.5) is 5.69 Å². The van der Waals surface area contributed by atoms with Crippen LogP contribution in [0.25, 0.3) is 16.6 Å². The first-order chi connectivity index (χ1) is 16.6. The standard InChI is InChI=1S/C28H18N4O2/c29-17-19-7-11-21(12-8-19)25-26(32-16-4-2-6-24(32)33)23-5-1-3-15-31(23)27(25)28(34)22-13-9-20(18-30)10-14-22/h1-16,24,33H. The smallest absolute Gasteiger partial charge is 0.210 e. The molecule has 0 aliphatic carbocycles. The molecule has 1 N–H and O–H groups in total. The molecule has 0 amide bonds. The number of aliphatic hydroxyl groups excluding tert-OH is 1. The van der Waals surface area contributed by atoms with Crippen LogP contribution in [0.3, 0.4) is 0 Å². The van der Waals surface area contributed by atoms with Crippen molar-refractivity contribution in [1.29, 1.82) is 10.5 Å². The predicted molar refractivity (Wildman–Crippen MR) is 129 cm³/mol. The lowest BCUT2D eigenvalue weighted by Crippen LogP contribution is -2.30. The molecule has 0 fully saturated rings. The summed E-state index contributed by atoms with van der Waals surface area (Å²) in [4.78, 5) is 15.6. The second-order valence-electron chi connectivity index (χ2n) is 7.78. The van der Waals surface area contributed by atoms with E-state index >= 15 is 0 Å². The van der Waals surface area contributed by atoms with Gasteiger partial charge in [0.15, 0.2) is 0 Å². The normalized spacial score (nSPS) is 14.7. The number of anilines is 1. The monoisotopic (exact) mass is 442 g/mol. The summed E-state index contributed by atoms with van der Waals surface area (Å²) < 4.78 is 1.82. The Balaban J connectivity index is 1.82. The van der Waals surface area contributed by atoms with E-state index in [0.717, 1.165) is 11.1 Å². The number of hydrogen-bond acceptors (Lipinski definition) is 5. The quantitative estimate of drug-likeness (QED) is 0.459. The molecule has 6 nitrogen and oxygen atoms in total. The molecule has 5 rings (SSSR count). The van der Waals surface area contributed by atoms with Gasteiger partial charge < -0.3 is 14.4 Å². The topological polar surface area (TPSA) is 92.5 Å². The van der Waals surface area contributed by atoms with E-state index in [-0.39, 0.29) is 5.78 Å². The third-order valence-corrected chi connectivity index (χ3v) is 5.80. The molecule has 0 bridgehead atoms. The van der Waals surface area contributed by atoms with Crippen molar-refractivity contribution < 1.29 is 9.90 Å². The Morgan fingerprint density at radius 2 is 1.56 bits per heavy atom. The number of carbonyl (C=O) groups excluding carboxylic acids is 1. The lowest BCUT2D eigenvalue weighted by Gasteiger charge is -2.27. The molecule has 2 aromatic carbocycles. The van der Waals surface area contributed by atoms with Gasteiger partial charge in [-0.2, -0.15) is 10.5 Å². The summed E-state index contributed by atoms with van der Waals surface area (Å²) in [5.74, 6) is -0.220. The molecule has 6 heteroatoms. The van der Waals surface area contributed by atoms with Crippen LogP contribution in [0.5, 0.6) is 0 Å². The molecule has 0 saturated carbocycles. The number of nitrogens with zero attached hydrogens (tertiary/aromatic N) is 4. The van der Waals surface area contributed by atoms with Crippen molar-refractivity contribution in [3.63, 3.8) is 0 Å². The lowest BCUT2D eigenvalue weighted by atomic mass is 9.97. The number of pyridine rings is 1. The Morgan fingerprint density at radius 3 is 2.21 bits per heavy atom. The first-order valence-electron chi connectivity index (χ1n) is 10.6. The van der Waals surface area contributed by atoms with Gasteiger partial charge >= 0.3 is 0 Å². The maximum Gasteiger partial charge on any atom is 0.210 e. The molecule has 0 radical (unpaired) electrons. The Hall–Kier alpha value is -4.91. The van der Waals surface area contributed by atoms with E-state index in [2.05, 4.69) is 12.1 Å². The number of allylic oxidation sites excluding steroid dienone is 2. The van der Waals surface area contributed by atoms with Crippen molar-refractivity contribution in [2.45, 2.75) is 6.23 Å². The molecule has 34 heavy (non-hydrogen) atoms. The highest BCUT2D eigenvalue weighted by atomic mass is 16.3. The second kappa shape index (κ2) is 8.55. The average Bonchev–Trinajstić information content (AvgIpc) is 3.23. The maximum atomic E-state index is 13.9. The van der Waals surface area contributed by atoms with Gasteiger partial charge in [-0.15, -0.1) is 0 Å². The molecular weight excluding hydrogens is 424 g/mol. The van der Waals surface area contributed by atoms with Crippen LogP contribution in [-0.2, 0) is 0 Å². The highest BCUT2D eigenvalue weighted by molar-refractivity contribution is 6.16. The van der Waals surface area contributed by atoms with E-state index in [1.807, 2.05) is 47.0 Å². The van der Waals surface area contributed by atoms with Crippen LogP contribution in [0.2, 0.25) is 0 Å². The number of aliphatic hydroxyl groups is 1. The van der Waals surface area contributed by atoms with E-state index in [9.17, 15) is 15.2 Å². The van der Waals surface area contributed by atoms with Gasteiger partial charge in [0, 0.05) is 23.5 Å². The summed E-state index contributed by atoms with van der Waals surface area (Å²) in [6.45, 7) is 0. The number of fused-ring (bicyclic) bond motifs is 1. The van der Waals surface area contributed by atoms with Crippen LogP contribution in [-0.4, -0.2) is 21.5 Å². The minimum Gasteiger partial charge on any atom is -0.370 e. The number of rotatable bonds is 4. The Bertz CT molecular complexity index is 1550. The number of ketones is 1. The Kier molecular flexibility index (Phi) is 5.27. The van der Waals surface area contributed by atoms with Gasteiger partial charge in [0.1, 0.15) is 11.9 Å². The first kappa shape index (κ1) is 21.0. The SMILES string of the molecule is N#Cc1ccc(C(=O)c2c(-c3ccc(C#N)cc3)c(N3C=CC=CC3O)c3ccccn23)cc1. The first-order valence-corrected chi connectivity index (χ1v) is 10.6. The molecule has 1 atom stereocenters. The summed E-state index contributed by atoms with van der Waals surface area (Å²) in [7, 11) is 0. The van der Waals surface area contributed by atoms with Crippen molar-refractivity contribution in [3.05, 3.63) is 120 Å². The van der Waals surface area contributed by atoms with Crippen molar-refractivity contribution >= 4 is 17.0 Å². The molecule has 3 heterocycles. The summed E-state index contributed by atoms with van der Waals surface area (Å²) in [6.07, 6.45) is 7.94.